The lowest BCUT2D eigenvalue weighted by molar-refractivity contribution is 0.287. The van der Waals surface area contributed by atoms with Gasteiger partial charge in [-0.15, -0.1) is 0 Å². The first-order chi connectivity index (χ1) is 15.7. The van der Waals surface area contributed by atoms with Crippen LogP contribution in [0.3, 0.4) is 0 Å². The van der Waals surface area contributed by atoms with Crippen LogP contribution in [0.15, 0.2) is 73.2 Å². The molecule has 5 aromatic rings. The molecule has 0 saturated heterocycles. The number of aromatic nitrogens is 5. The summed E-state index contributed by atoms with van der Waals surface area (Å²) in [6.45, 7) is 2.40. The number of fused-ring (bicyclic) bond motifs is 1. The number of benzene rings is 2. The van der Waals surface area contributed by atoms with E-state index in [-0.39, 0.29) is 6.04 Å². The van der Waals surface area contributed by atoms with E-state index >= 15 is 0 Å². The molecule has 0 spiro atoms. The molecule has 0 bridgehead atoms. The molecule has 5 rings (SSSR count). The van der Waals surface area contributed by atoms with Crippen LogP contribution in [0.25, 0.3) is 33.3 Å². The minimum Gasteiger partial charge on any atom is -0.490 e. The molecule has 1 atom stereocenters. The Morgan fingerprint density at radius 3 is 2.72 bits per heavy atom. The number of nitrogens with two attached hydrogens (primary N) is 1. The van der Waals surface area contributed by atoms with E-state index in [0.29, 0.717) is 12.4 Å². The molecule has 0 radical (unpaired) electrons. The van der Waals surface area contributed by atoms with Crippen molar-refractivity contribution in [3.05, 3.63) is 84.4 Å². The molecule has 4 N–H and O–H groups in total. The molecule has 3 aromatic heterocycles. The summed E-state index contributed by atoms with van der Waals surface area (Å²) in [5, 5.41) is 15.4. The quantitative estimate of drug-likeness (QED) is 0.362. The van der Waals surface area contributed by atoms with Crippen molar-refractivity contribution in [2.75, 3.05) is 6.61 Å². The highest BCUT2D eigenvalue weighted by molar-refractivity contribution is 5.90. The normalized spacial score (nSPS) is 12.2. The lowest BCUT2D eigenvalue weighted by Gasteiger charge is -2.15. The summed E-state index contributed by atoms with van der Waals surface area (Å²) in [5.74, 6) is 0.680. The third kappa shape index (κ3) is 4.10. The number of rotatable bonds is 7. The first-order valence-electron chi connectivity index (χ1n) is 10.5. The van der Waals surface area contributed by atoms with Gasteiger partial charge < -0.3 is 10.5 Å². The van der Waals surface area contributed by atoms with E-state index in [4.69, 9.17) is 15.5 Å². The van der Waals surface area contributed by atoms with Gasteiger partial charge in [0.25, 0.3) is 0 Å². The van der Waals surface area contributed by atoms with Crippen molar-refractivity contribution in [2.45, 2.75) is 19.4 Å². The largest absolute Gasteiger partial charge is 0.490 e. The molecule has 2 aromatic carbocycles. The van der Waals surface area contributed by atoms with Crippen molar-refractivity contribution < 1.29 is 4.74 Å². The minimum absolute atomic E-state index is 0.112. The van der Waals surface area contributed by atoms with Crippen LogP contribution in [0.5, 0.6) is 5.75 Å². The number of nitrogens with zero attached hydrogens (tertiary/aromatic N) is 3. The van der Waals surface area contributed by atoms with Crippen LogP contribution in [-0.4, -0.2) is 38.0 Å². The van der Waals surface area contributed by atoms with Gasteiger partial charge in [0.2, 0.25) is 0 Å². The topological polar surface area (TPSA) is 106 Å². The Labute approximate surface area is 185 Å². The fraction of sp³-hybridized carbons (Fsp3) is 0.160. The predicted octanol–water partition coefficient (Wildman–Crippen LogP) is 4.27. The lowest BCUT2D eigenvalue weighted by atomic mass is 9.99. The van der Waals surface area contributed by atoms with Crippen molar-refractivity contribution >= 4 is 10.9 Å². The number of aryl methyl sites for hydroxylation is 1. The minimum atomic E-state index is -0.112. The van der Waals surface area contributed by atoms with E-state index in [1.807, 2.05) is 43.5 Å². The number of hydrogen-bond acceptors (Lipinski definition) is 5. The van der Waals surface area contributed by atoms with Crippen molar-refractivity contribution in [1.29, 1.82) is 0 Å². The number of hydrogen-bond donors (Lipinski definition) is 3. The monoisotopic (exact) mass is 424 g/mol. The summed E-state index contributed by atoms with van der Waals surface area (Å²) in [5.41, 5.74) is 13.2. The van der Waals surface area contributed by atoms with Crippen LogP contribution >= 0.6 is 0 Å². The van der Waals surface area contributed by atoms with Crippen LogP contribution < -0.4 is 10.5 Å². The summed E-state index contributed by atoms with van der Waals surface area (Å²) >= 11 is 0. The average molecular weight is 425 g/mol. The molecule has 0 aliphatic heterocycles. The molecule has 0 fully saturated rings. The van der Waals surface area contributed by atoms with E-state index in [0.717, 1.165) is 45.4 Å². The third-order valence-corrected chi connectivity index (χ3v) is 5.50. The number of pyridine rings is 1. The van der Waals surface area contributed by atoms with Crippen molar-refractivity contribution in [2.24, 2.45) is 5.73 Å². The SMILES string of the molecule is Cc1n[nH]c2ccc(-c3cc(OC[C@@H](N)Cc4ccccc4)cnc3-c3cn[nH]c3)cc12. The molecule has 160 valence electrons. The van der Waals surface area contributed by atoms with Gasteiger partial charge in [-0.25, -0.2) is 0 Å². The van der Waals surface area contributed by atoms with E-state index < -0.39 is 0 Å². The summed E-state index contributed by atoms with van der Waals surface area (Å²) in [6, 6.07) is 18.3. The molecule has 0 unspecified atom stereocenters. The first-order valence-corrected chi connectivity index (χ1v) is 10.5. The second-order valence-corrected chi connectivity index (χ2v) is 7.88. The van der Waals surface area contributed by atoms with Gasteiger partial charge in [-0.3, -0.25) is 15.2 Å². The molecule has 0 saturated carbocycles. The molecule has 0 aliphatic carbocycles. The second kappa shape index (κ2) is 8.64. The molecule has 7 nitrogen and oxygen atoms in total. The first kappa shape index (κ1) is 20.0. The Balaban J connectivity index is 1.44. The Morgan fingerprint density at radius 1 is 1.03 bits per heavy atom. The van der Waals surface area contributed by atoms with E-state index in [2.05, 4.69) is 44.7 Å². The Bertz CT molecular complexity index is 1330. The van der Waals surface area contributed by atoms with Gasteiger partial charge in [0.1, 0.15) is 12.4 Å². The fourth-order valence-corrected chi connectivity index (χ4v) is 3.85. The fourth-order valence-electron chi connectivity index (χ4n) is 3.85. The van der Waals surface area contributed by atoms with E-state index in [9.17, 15) is 0 Å². The van der Waals surface area contributed by atoms with Gasteiger partial charge in [-0.2, -0.15) is 10.2 Å². The van der Waals surface area contributed by atoms with E-state index in [1.165, 1.54) is 5.56 Å². The number of nitrogens with one attached hydrogen (secondary N) is 2. The zero-order chi connectivity index (χ0) is 21.9. The Kier molecular flexibility index (Phi) is 5.39. The molecule has 0 aliphatic rings. The number of H-pyrrole nitrogens is 2. The summed E-state index contributed by atoms with van der Waals surface area (Å²) in [6.07, 6.45) is 6.10. The summed E-state index contributed by atoms with van der Waals surface area (Å²) < 4.78 is 6.04. The summed E-state index contributed by atoms with van der Waals surface area (Å²) in [4.78, 5) is 4.70. The highest BCUT2D eigenvalue weighted by atomic mass is 16.5. The zero-order valence-electron chi connectivity index (χ0n) is 17.7. The molecule has 0 amide bonds. The number of ether oxygens (including phenoxy) is 1. The van der Waals surface area contributed by atoms with Crippen LogP contribution in [0, 0.1) is 6.92 Å². The molecule has 32 heavy (non-hydrogen) atoms. The zero-order valence-corrected chi connectivity index (χ0v) is 17.7. The van der Waals surface area contributed by atoms with Gasteiger partial charge in [-0.1, -0.05) is 36.4 Å². The highest BCUT2D eigenvalue weighted by Crippen LogP contribution is 2.34. The Hall–Kier alpha value is -3.97. The van der Waals surface area contributed by atoms with Crippen molar-refractivity contribution in [1.82, 2.24) is 25.4 Å². The standard InChI is InChI=1S/C25H24N6O/c1-16-22-10-18(7-8-24(22)31-30-16)23-11-21(14-27-25(23)19-12-28-29-13-19)32-15-20(26)9-17-5-3-2-4-6-17/h2-8,10-14,20H,9,15,26H2,1H3,(H,28,29)(H,30,31)/t20-/m0/s1. The Morgan fingerprint density at radius 2 is 1.91 bits per heavy atom. The molecule has 7 heteroatoms. The molecular weight excluding hydrogens is 400 g/mol. The van der Waals surface area contributed by atoms with Gasteiger partial charge in [0, 0.05) is 28.8 Å². The average Bonchev–Trinajstić information content (AvgIpc) is 3.48. The smallest absolute Gasteiger partial charge is 0.138 e. The third-order valence-electron chi connectivity index (χ3n) is 5.50. The van der Waals surface area contributed by atoms with Crippen LogP contribution in [-0.2, 0) is 6.42 Å². The maximum Gasteiger partial charge on any atom is 0.138 e. The van der Waals surface area contributed by atoms with Gasteiger partial charge in [0.05, 0.1) is 29.3 Å². The van der Waals surface area contributed by atoms with Crippen LogP contribution in [0.4, 0.5) is 0 Å². The van der Waals surface area contributed by atoms with Gasteiger partial charge in [-0.05, 0) is 42.7 Å². The van der Waals surface area contributed by atoms with Crippen LogP contribution in [0.2, 0.25) is 0 Å². The summed E-state index contributed by atoms with van der Waals surface area (Å²) in [7, 11) is 0. The second-order valence-electron chi connectivity index (χ2n) is 7.88. The van der Waals surface area contributed by atoms with Crippen molar-refractivity contribution in [3.63, 3.8) is 0 Å². The van der Waals surface area contributed by atoms with E-state index in [1.54, 1.807) is 12.4 Å². The number of aromatic amines is 2. The predicted molar refractivity (Wildman–Crippen MR) is 125 cm³/mol. The van der Waals surface area contributed by atoms with Gasteiger partial charge >= 0.3 is 0 Å². The molecular formula is C25H24N6O. The van der Waals surface area contributed by atoms with Crippen molar-refractivity contribution in [3.8, 4) is 28.1 Å². The maximum atomic E-state index is 6.31. The highest BCUT2D eigenvalue weighted by Gasteiger charge is 2.14. The van der Waals surface area contributed by atoms with Crippen LogP contribution in [0.1, 0.15) is 11.3 Å². The molecule has 3 heterocycles. The lowest BCUT2D eigenvalue weighted by Crippen LogP contribution is -2.30. The van der Waals surface area contributed by atoms with Gasteiger partial charge in [0.15, 0.2) is 0 Å². The maximum absolute atomic E-state index is 6.31.